The Hall–Kier alpha value is -4.17. The van der Waals surface area contributed by atoms with Gasteiger partial charge < -0.3 is 14.7 Å². The minimum Gasteiger partial charge on any atom is -0.461 e. The number of nitrogens with zero attached hydrogens (tertiary/aromatic N) is 6. The van der Waals surface area contributed by atoms with Crippen LogP contribution in [-0.2, 0) is 0 Å². The van der Waals surface area contributed by atoms with Crippen LogP contribution in [0, 0.1) is 24.0 Å². The summed E-state index contributed by atoms with van der Waals surface area (Å²) in [6.45, 7) is 6.84. The molecule has 46 heavy (non-hydrogen) atoms. The molecule has 8 rings (SSSR count). The average Bonchev–Trinajstić information content (AvgIpc) is 3.62. The zero-order valence-corrected chi connectivity index (χ0v) is 25.8. The van der Waals surface area contributed by atoms with Crippen LogP contribution in [0.5, 0.6) is 6.01 Å². The second-order valence-corrected chi connectivity index (χ2v) is 13.4. The van der Waals surface area contributed by atoms with Crippen LogP contribution in [0.25, 0.3) is 32.9 Å². The zero-order valence-electron chi connectivity index (χ0n) is 25.8. The molecule has 4 aromatic rings. The molecule has 236 valence electrons. The van der Waals surface area contributed by atoms with Crippen LogP contribution in [0.3, 0.4) is 0 Å². The van der Waals surface area contributed by atoms with Crippen LogP contribution in [-0.4, -0.2) is 93.4 Å². The molecular weight excluding hydrogens is 586 g/mol. The Kier molecular flexibility index (Phi) is 6.98. The Labute approximate surface area is 266 Å². The van der Waals surface area contributed by atoms with E-state index < -0.39 is 11.6 Å². The van der Waals surface area contributed by atoms with E-state index in [-0.39, 0.29) is 41.0 Å². The first-order valence-corrected chi connectivity index (χ1v) is 16.0. The molecule has 0 radical (unpaired) electrons. The van der Waals surface area contributed by atoms with Gasteiger partial charge in [-0.2, -0.15) is 9.97 Å². The summed E-state index contributed by atoms with van der Waals surface area (Å²) in [4.78, 5) is 21.1. The summed E-state index contributed by atoms with van der Waals surface area (Å²) in [6.07, 6.45) is 12.0. The molecule has 2 unspecified atom stereocenters. The number of anilines is 1. The lowest BCUT2D eigenvalue weighted by Gasteiger charge is -2.39. The van der Waals surface area contributed by atoms with Gasteiger partial charge in [-0.25, -0.2) is 8.78 Å². The van der Waals surface area contributed by atoms with E-state index in [1.165, 1.54) is 6.07 Å². The van der Waals surface area contributed by atoms with Crippen molar-refractivity contribution in [2.45, 2.75) is 55.8 Å². The molecule has 2 aromatic carbocycles. The third-order valence-corrected chi connectivity index (χ3v) is 10.8. The predicted octanol–water partition coefficient (Wildman–Crippen LogP) is 4.92. The van der Waals surface area contributed by atoms with Crippen molar-refractivity contribution < 1.29 is 18.6 Å². The molecule has 4 saturated heterocycles. The quantitative estimate of drug-likeness (QED) is 0.240. The van der Waals surface area contributed by atoms with E-state index in [0.29, 0.717) is 46.2 Å². The molecule has 10 heteroatoms. The molecule has 1 N–H and O–H groups in total. The Morgan fingerprint density at radius 2 is 1.93 bits per heavy atom. The number of rotatable bonds is 6. The molecule has 0 aliphatic carbocycles. The maximum absolute atomic E-state index is 16.8. The van der Waals surface area contributed by atoms with Crippen LogP contribution in [0.15, 0.2) is 48.7 Å². The number of hydrogen-bond donors (Lipinski definition) is 1. The fourth-order valence-electron chi connectivity index (χ4n) is 8.46. The van der Waals surface area contributed by atoms with Crippen LogP contribution < -0.4 is 9.64 Å². The average molecular weight is 623 g/mol. The van der Waals surface area contributed by atoms with Crippen LogP contribution in [0.2, 0.25) is 0 Å². The molecule has 2 aromatic heterocycles. The number of benzene rings is 2. The molecular formula is C36H36F2N6O2. The summed E-state index contributed by atoms with van der Waals surface area (Å²) in [5.74, 6) is 1.86. The standard InChI is InChI=1S/C36H36F2N6O2/c1-4-26-29(37)11-8-22-6-5-7-27(30(22)26)32-31(38)33-28(15-39-32)34(43-17-23-9-10-24(18-43)42(23)3)41-35(40-33)46-20-36-13-12-25(19-45)44(36)16-21(2)14-36/h1,5-8,11,15,23-25,45H,2,9-10,12-14,16-20H2,3H3/t23?,24?,25-,36-/m0/s1. The van der Waals surface area contributed by atoms with Crippen LogP contribution >= 0.6 is 0 Å². The Morgan fingerprint density at radius 3 is 2.70 bits per heavy atom. The van der Waals surface area contributed by atoms with Crippen LogP contribution in [0.1, 0.15) is 37.7 Å². The molecule has 0 amide bonds. The van der Waals surface area contributed by atoms with Gasteiger partial charge in [0, 0.05) is 54.9 Å². The van der Waals surface area contributed by atoms with Crippen molar-refractivity contribution in [3.63, 3.8) is 0 Å². The molecule has 2 bridgehead atoms. The van der Waals surface area contributed by atoms with Crippen molar-refractivity contribution >= 4 is 27.5 Å². The lowest BCUT2D eigenvalue weighted by Crippen LogP contribution is -2.52. The number of piperazine rings is 1. The number of halogens is 2. The third kappa shape index (κ3) is 4.48. The minimum absolute atomic E-state index is 0.0349. The molecule has 4 aliphatic heterocycles. The lowest BCUT2D eigenvalue weighted by molar-refractivity contribution is 0.0645. The summed E-state index contributed by atoms with van der Waals surface area (Å²) in [5.41, 5.74) is 1.38. The monoisotopic (exact) mass is 622 g/mol. The number of hydrogen-bond acceptors (Lipinski definition) is 8. The molecule has 6 heterocycles. The molecule has 8 nitrogen and oxygen atoms in total. The number of pyridine rings is 1. The van der Waals surface area contributed by atoms with E-state index in [9.17, 15) is 9.50 Å². The van der Waals surface area contributed by atoms with Gasteiger partial charge in [0.15, 0.2) is 5.82 Å². The molecule has 0 spiro atoms. The van der Waals surface area contributed by atoms with E-state index in [1.807, 2.05) is 6.07 Å². The summed E-state index contributed by atoms with van der Waals surface area (Å²) in [7, 11) is 2.17. The fraction of sp³-hybridized carbons (Fsp3) is 0.417. The highest BCUT2D eigenvalue weighted by Gasteiger charge is 2.51. The maximum Gasteiger partial charge on any atom is 0.319 e. The predicted molar refractivity (Wildman–Crippen MR) is 174 cm³/mol. The highest BCUT2D eigenvalue weighted by Crippen LogP contribution is 2.45. The van der Waals surface area contributed by atoms with Gasteiger partial charge in [0.05, 0.1) is 23.1 Å². The smallest absolute Gasteiger partial charge is 0.319 e. The summed E-state index contributed by atoms with van der Waals surface area (Å²) < 4.78 is 38.1. The zero-order chi connectivity index (χ0) is 31.7. The SMILES string of the molecule is C#Cc1c(F)ccc2cccc(-c3ncc4c(N5CC6CCC(C5)N6C)nc(OC[C@@]56CC[C@@H](CO)N5CC(=C)C6)nc4c3F)c12. The topological polar surface area (TPSA) is 77.9 Å². The first kappa shape index (κ1) is 29.2. The second-order valence-electron chi connectivity index (χ2n) is 13.4. The third-order valence-electron chi connectivity index (χ3n) is 10.8. The van der Waals surface area contributed by atoms with E-state index >= 15 is 4.39 Å². The second kappa shape index (κ2) is 11.0. The summed E-state index contributed by atoms with van der Waals surface area (Å²) >= 11 is 0. The number of fused-ring (bicyclic) bond motifs is 5. The first-order valence-electron chi connectivity index (χ1n) is 16.0. The highest BCUT2D eigenvalue weighted by molar-refractivity contribution is 6.02. The Balaban J connectivity index is 1.25. The number of aliphatic hydroxyl groups is 1. The first-order chi connectivity index (χ1) is 22.3. The number of terminal acetylenes is 1. The van der Waals surface area contributed by atoms with Gasteiger partial charge in [-0.3, -0.25) is 14.8 Å². The van der Waals surface area contributed by atoms with E-state index in [0.717, 1.165) is 57.3 Å². The molecule has 4 aliphatic rings. The molecule has 4 fully saturated rings. The normalized spacial score (nSPS) is 26.3. The summed E-state index contributed by atoms with van der Waals surface area (Å²) in [5, 5.41) is 11.6. The van der Waals surface area contributed by atoms with E-state index in [1.54, 1.807) is 24.4 Å². The maximum atomic E-state index is 16.8. The van der Waals surface area contributed by atoms with Gasteiger partial charge in [-0.1, -0.05) is 42.3 Å². The Bertz CT molecular complexity index is 1930. The number of aromatic nitrogens is 3. The van der Waals surface area contributed by atoms with Gasteiger partial charge in [0.25, 0.3) is 0 Å². The van der Waals surface area contributed by atoms with Crippen LogP contribution in [0.4, 0.5) is 14.6 Å². The van der Waals surface area contributed by atoms with Crippen molar-refractivity contribution in [1.29, 1.82) is 0 Å². The molecule has 4 atom stereocenters. The number of aliphatic hydroxyl groups excluding tert-OH is 1. The highest BCUT2D eigenvalue weighted by atomic mass is 19.1. The Morgan fingerprint density at radius 1 is 1.13 bits per heavy atom. The number of likely N-dealkylation sites (N-methyl/N-ethyl adjacent to an activating group) is 1. The van der Waals surface area contributed by atoms with Gasteiger partial charge in [0.1, 0.15) is 29.5 Å². The van der Waals surface area contributed by atoms with Gasteiger partial charge in [-0.15, -0.1) is 6.42 Å². The van der Waals surface area contributed by atoms with Crippen molar-refractivity contribution in [3.05, 3.63) is 65.9 Å². The minimum atomic E-state index is -0.641. The molecule has 0 saturated carbocycles. The lowest BCUT2D eigenvalue weighted by atomic mass is 9.94. The van der Waals surface area contributed by atoms with Crippen molar-refractivity contribution in [2.75, 3.05) is 44.8 Å². The summed E-state index contributed by atoms with van der Waals surface area (Å²) in [6, 6.07) is 9.17. The number of ether oxygens (including phenoxy) is 1. The largest absolute Gasteiger partial charge is 0.461 e. The van der Waals surface area contributed by atoms with E-state index in [2.05, 4.69) is 44.2 Å². The van der Waals surface area contributed by atoms with Crippen molar-refractivity contribution in [1.82, 2.24) is 24.8 Å². The van der Waals surface area contributed by atoms with Crippen molar-refractivity contribution in [2.24, 2.45) is 0 Å². The van der Waals surface area contributed by atoms with Crippen molar-refractivity contribution in [3.8, 4) is 29.6 Å². The van der Waals surface area contributed by atoms with Gasteiger partial charge in [0.2, 0.25) is 0 Å². The fourth-order valence-corrected chi connectivity index (χ4v) is 8.46. The van der Waals surface area contributed by atoms with E-state index in [4.69, 9.17) is 16.1 Å². The van der Waals surface area contributed by atoms with Gasteiger partial charge >= 0.3 is 6.01 Å². The van der Waals surface area contributed by atoms with Gasteiger partial charge in [-0.05, 0) is 50.6 Å².